The Morgan fingerprint density at radius 3 is 2.85 bits per heavy atom. The maximum atomic E-state index is 6.22. The molecule has 0 bridgehead atoms. The van der Waals surface area contributed by atoms with E-state index in [9.17, 15) is 0 Å². The van der Waals surface area contributed by atoms with Crippen LogP contribution < -0.4 is 5.32 Å². The molecule has 0 aliphatic rings. The lowest BCUT2D eigenvalue weighted by molar-refractivity contribution is 1.14. The first-order chi connectivity index (χ1) is 9.74. The average Bonchev–Trinajstić information content (AvgIpc) is 2.46. The van der Waals surface area contributed by atoms with Gasteiger partial charge in [0, 0.05) is 24.3 Å². The van der Waals surface area contributed by atoms with Crippen molar-refractivity contribution in [2.45, 2.75) is 13.5 Å². The van der Waals surface area contributed by atoms with Gasteiger partial charge in [-0.15, -0.1) is 0 Å². The fourth-order valence-electron chi connectivity index (χ4n) is 2.29. The van der Waals surface area contributed by atoms with Crippen LogP contribution in [0.4, 0.5) is 5.69 Å². The van der Waals surface area contributed by atoms with Gasteiger partial charge in [0.15, 0.2) is 0 Å². The molecule has 0 spiro atoms. The van der Waals surface area contributed by atoms with Gasteiger partial charge in [-0.05, 0) is 41.6 Å². The Morgan fingerprint density at radius 2 is 2.00 bits per heavy atom. The number of nitrogens with zero attached hydrogens (tertiary/aromatic N) is 1. The van der Waals surface area contributed by atoms with Gasteiger partial charge in [0.25, 0.3) is 0 Å². The molecule has 3 rings (SSSR count). The van der Waals surface area contributed by atoms with E-state index >= 15 is 0 Å². The number of para-hydroxylation sites is 1. The first kappa shape index (κ1) is 12.9. The van der Waals surface area contributed by atoms with E-state index in [4.69, 9.17) is 11.6 Å². The second-order valence-electron chi connectivity index (χ2n) is 4.84. The standard InChI is InChI=1S/C17H15ClN2/c1-12-3-2-4-16(18)17(12)20-10-13-5-6-15-11-19-8-7-14(15)9-13/h2-9,11,20H,10H2,1H3. The molecule has 0 aliphatic heterocycles. The van der Waals surface area contributed by atoms with E-state index in [1.807, 2.05) is 30.6 Å². The molecule has 2 aromatic carbocycles. The van der Waals surface area contributed by atoms with Gasteiger partial charge in [-0.2, -0.15) is 0 Å². The monoisotopic (exact) mass is 282 g/mol. The quantitative estimate of drug-likeness (QED) is 0.746. The molecule has 0 unspecified atom stereocenters. The van der Waals surface area contributed by atoms with Crippen molar-refractivity contribution in [1.29, 1.82) is 0 Å². The topological polar surface area (TPSA) is 24.9 Å². The highest BCUT2D eigenvalue weighted by Gasteiger charge is 2.03. The van der Waals surface area contributed by atoms with Crippen LogP contribution in [0.25, 0.3) is 10.8 Å². The predicted molar refractivity (Wildman–Crippen MR) is 85.3 cm³/mol. The summed E-state index contributed by atoms with van der Waals surface area (Å²) in [5.74, 6) is 0. The summed E-state index contributed by atoms with van der Waals surface area (Å²) in [6.45, 7) is 2.81. The van der Waals surface area contributed by atoms with Crippen LogP contribution in [0.5, 0.6) is 0 Å². The fraction of sp³-hybridized carbons (Fsp3) is 0.118. The molecule has 0 aliphatic carbocycles. The summed E-state index contributed by atoms with van der Waals surface area (Å²) in [5.41, 5.74) is 3.38. The number of halogens is 1. The van der Waals surface area contributed by atoms with Crippen LogP contribution >= 0.6 is 11.6 Å². The molecule has 3 aromatic rings. The van der Waals surface area contributed by atoms with Gasteiger partial charge >= 0.3 is 0 Å². The number of nitrogens with one attached hydrogen (secondary N) is 1. The minimum Gasteiger partial charge on any atom is -0.380 e. The normalized spacial score (nSPS) is 10.7. The van der Waals surface area contributed by atoms with E-state index in [0.29, 0.717) is 0 Å². The zero-order valence-corrected chi connectivity index (χ0v) is 12.0. The number of hydrogen-bond donors (Lipinski definition) is 1. The van der Waals surface area contributed by atoms with Gasteiger partial charge in [-0.25, -0.2) is 0 Å². The van der Waals surface area contributed by atoms with Crippen LogP contribution in [0.1, 0.15) is 11.1 Å². The molecule has 100 valence electrons. The van der Waals surface area contributed by atoms with Crippen LogP contribution in [-0.4, -0.2) is 4.98 Å². The Bertz CT molecular complexity index is 733. The maximum absolute atomic E-state index is 6.22. The first-order valence-corrected chi connectivity index (χ1v) is 6.93. The molecular formula is C17H15ClN2. The summed E-state index contributed by atoms with van der Waals surface area (Å²) in [7, 11) is 0. The highest BCUT2D eigenvalue weighted by atomic mass is 35.5. The molecule has 1 aromatic heterocycles. The van der Waals surface area contributed by atoms with Crippen molar-refractivity contribution in [3.05, 3.63) is 71.0 Å². The van der Waals surface area contributed by atoms with Crippen LogP contribution in [0.15, 0.2) is 54.9 Å². The van der Waals surface area contributed by atoms with Crippen molar-refractivity contribution in [3.8, 4) is 0 Å². The number of pyridine rings is 1. The molecule has 3 heteroatoms. The Labute approximate surface area is 123 Å². The van der Waals surface area contributed by atoms with Gasteiger partial charge in [-0.1, -0.05) is 35.9 Å². The first-order valence-electron chi connectivity index (χ1n) is 6.56. The third-order valence-electron chi connectivity index (χ3n) is 3.40. The highest BCUT2D eigenvalue weighted by Crippen LogP contribution is 2.26. The van der Waals surface area contributed by atoms with Crippen molar-refractivity contribution in [3.63, 3.8) is 0 Å². The molecule has 0 atom stereocenters. The number of fused-ring (bicyclic) bond motifs is 1. The van der Waals surface area contributed by atoms with Crippen LogP contribution in [0, 0.1) is 6.92 Å². The number of aryl methyl sites for hydroxylation is 1. The largest absolute Gasteiger partial charge is 0.380 e. The summed E-state index contributed by atoms with van der Waals surface area (Å²) in [6, 6.07) is 14.3. The van der Waals surface area contributed by atoms with Crippen LogP contribution in [0.3, 0.4) is 0 Å². The number of hydrogen-bond acceptors (Lipinski definition) is 2. The van der Waals surface area contributed by atoms with Gasteiger partial charge in [0.05, 0.1) is 10.7 Å². The molecule has 0 saturated heterocycles. The zero-order valence-electron chi connectivity index (χ0n) is 11.2. The molecule has 20 heavy (non-hydrogen) atoms. The predicted octanol–water partition coefficient (Wildman–Crippen LogP) is 4.81. The van der Waals surface area contributed by atoms with Crippen molar-refractivity contribution < 1.29 is 0 Å². The van der Waals surface area contributed by atoms with Gasteiger partial charge in [-0.3, -0.25) is 4.98 Å². The summed E-state index contributed by atoms with van der Waals surface area (Å²) in [6.07, 6.45) is 3.70. The third kappa shape index (κ3) is 2.61. The Kier molecular flexibility index (Phi) is 3.57. The van der Waals surface area contributed by atoms with E-state index in [1.165, 1.54) is 10.9 Å². The van der Waals surface area contributed by atoms with Gasteiger partial charge in [0.1, 0.15) is 0 Å². The summed E-state index contributed by atoms with van der Waals surface area (Å²) in [5, 5.41) is 6.54. The van der Waals surface area contributed by atoms with Crippen LogP contribution in [0.2, 0.25) is 5.02 Å². The van der Waals surface area contributed by atoms with E-state index in [2.05, 4.69) is 41.5 Å². The van der Waals surface area contributed by atoms with E-state index < -0.39 is 0 Å². The molecule has 0 saturated carbocycles. The molecule has 2 nitrogen and oxygen atoms in total. The zero-order chi connectivity index (χ0) is 13.9. The van der Waals surface area contributed by atoms with Crippen molar-refractivity contribution in [2.75, 3.05) is 5.32 Å². The lowest BCUT2D eigenvalue weighted by Crippen LogP contribution is -2.01. The Morgan fingerprint density at radius 1 is 1.10 bits per heavy atom. The molecule has 0 radical (unpaired) electrons. The van der Waals surface area contributed by atoms with E-state index in [1.54, 1.807) is 0 Å². The molecule has 1 N–H and O–H groups in total. The number of benzene rings is 2. The van der Waals surface area contributed by atoms with E-state index in [-0.39, 0.29) is 0 Å². The lowest BCUT2D eigenvalue weighted by atomic mass is 10.1. The smallest absolute Gasteiger partial charge is 0.0640 e. The summed E-state index contributed by atoms with van der Waals surface area (Å²) in [4.78, 5) is 4.13. The molecule has 0 amide bonds. The fourth-order valence-corrected chi connectivity index (χ4v) is 2.58. The minimum absolute atomic E-state index is 0.753. The van der Waals surface area contributed by atoms with Crippen LogP contribution in [-0.2, 0) is 6.54 Å². The average molecular weight is 283 g/mol. The summed E-state index contributed by atoms with van der Waals surface area (Å²) >= 11 is 6.22. The van der Waals surface area contributed by atoms with Gasteiger partial charge in [0.2, 0.25) is 0 Å². The Balaban J connectivity index is 1.83. The lowest BCUT2D eigenvalue weighted by Gasteiger charge is -2.11. The van der Waals surface area contributed by atoms with Crippen molar-refractivity contribution in [1.82, 2.24) is 4.98 Å². The molecular weight excluding hydrogens is 268 g/mol. The second kappa shape index (κ2) is 5.51. The SMILES string of the molecule is Cc1cccc(Cl)c1NCc1ccc2cnccc2c1. The van der Waals surface area contributed by atoms with Crippen molar-refractivity contribution in [2.24, 2.45) is 0 Å². The minimum atomic E-state index is 0.753. The second-order valence-corrected chi connectivity index (χ2v) is 5.25. The van der Waals surface area contributed by atoms with E-state index in [0.717, 1.165) is 28.2 Å². The van der Waals surface area contributed by atoms with Crippen molar-refractivity contribution >= 4 is 28.1 Å². The Hall–Kier alpha value is -2.06. The molecule has 0 fully saturated rings. The number of aromatic nitrogens is 1. The number of rotatable bonds is 3. The number of anilines is 1. The maximum Gasteiger partial charge on any atom is 0.0640 e. The third-order valence-corrected chi connectivity index (χ3v) is 3.71. The van der Waals surface area contributed by atoms with Gasteiger partial charge < -0.3 is 5.32 Å². The highest BCUT2D eigenvalue weighted by molar-refractivity contribution is 6.33. The summed E-state index contributed by atoms with van der Waals surface area (Å²) < 4.78 is 0. The molecule has 1 heterocycles.